The van der Waals surface area contributed by atoms with Gasteiger partial charge in [-0.25, -0.2) is 14.4 Å². The minimum atomic E-state index is -0.840. The van der Waals surface area contributed by atoms with Crippen LogP contribution in [0.25, 0.3) is 0 Å². The van der Waals surface area contributed by atoms with Gasteiger partial charge < -0.3 is 19.7 Å². The van der Waals surface area contributed by atoms with Crippen molar-refractivity contribution >= 4 is 17.9 Å². The number of ether oxygens (including phenoxy) is 2. The molecule has 0 aromatic carbocycles. The highest BCUT2D eigenvalue weighted by Gasteiger charge is 2.28. The molecule has 2 aliphatic rings. The molecule has 0 heterocycles. The normalized spacial score (nSPS) is 13.0. The second kappa shape index (κ2) is 17.6. The summed E-state index contributed by atoms with van der Waals surface area (Å²) >= 11 is 0. The van der Waals surface area contributed by atoms with Gasteiger partial charge in [0.05, 0.1) is 20.0 Å². The van der Waals surface area contributed by atoms with Crippen molar-refractivity contribution in [2.75, 3.05) is 13.7 Å². The molecule has 158 valence electrons. The van der Waals surface area contributed by atoms with Gasteiger partial charge in [-0.1, -0.05) is 39.2 Å². The molecule has 2 aliphatic carbocycles. The highest BCUT2D eigenvalue weighted by atomic mass is 16.5. The van der Waals surface area contributed by atoms with Crippen LogP contribution in [0.3, 0.4) is 0 Å². The number of carbonyl (C=O) groups is 3. The zero-order chi connectivity index (χ0) is 21.9. The van der Waals surface area contributed by atoms with Crippen LogP contribution in [-0.2, 0) is 23.9 Å². The number of allylic oxidation sites excluding steroid dienone is 1. The lowest BCUT2D eigenvalue weighted by Gasteiger charge is -2.06. The third-order valence-corrected chi connectivity index (χ3v) is 3.53. The van der Waals surface area contributed by atoms with Crippen LogP contribution in [0.15, 0.2) is 49.3 Å². The van der Waals surface area contributed by atoms with E-state index in [4.69, 9.17) is 14.9 Å². The van der Waals surface area contributed by atoms with Crippen LogP contribution >= 0.6 is 0 Å². The van der Waals surface area contributed by atoms with Crippen LogP contribution in [0.5, 0.6) is 0 Å². The van der Waals surface area contributed by atoms with Gasteiger partial charge in [-0.05, 0) is 38.0 Å². The topological polar surface area (TPSA) is 110 Å². The minimum absolute atomic E-state index is 0.299. The number of hydrogen-bond donors (Lipinski definition) is 2. The molecule has 0 saturated heterocycles. The number of carboxylic acid groups (broad SMARTS) is 2. The van der Waals surface area contributed by atoms with Crippen molar-refractivity contribution < 1.29 is 34.1 Å². The fraction of sp³-hybridized carbons (Fsp3) is 0.476. The molecule has 0 aromatic heterocycles. The summed E-state index contributed by atoms with van der Waals surface area (Å²) in [7, 11) is 1.31. The Morgan fingerprint density at radius 3 is 1.96 bits per heavy atom. The van der Waals surface area contributed by atoms with Crippen LogP contribution in [0.1, 0.15) is 45.4 Å². The van der Waals surface area contributed by atoms with Crippen LogP contribution in [0.4, 0.5) is 0 Å². The number of methoxy groups -OCH3 is 1. The molecular weight excluding hydrogens is 364 g/mol. The Morgan fingerprint density at radius 1 is 1.25 bits per heavy atom. The maximum absolute atomic E-state index is 10.1. The molecule has 1 saturated carbocycles. The van der Waals surface area contributed by atoms with Gasteiger partial charge in [0.15, 0.2) is 0 Å². The average molecular weight is 396 g/mol. The van der Waals surface area contributed by atoms with Crippen LogP contribution in [0, 0.1) is 5.92 Å². The lowest BCUT2D eigenvalue weighted by atomic mass is 10.00. The number of hydrogen-bond acceptors (Lipinski definition) is 5. The van der Waals surface area contributed by atoms with E-state index < -0.39 is 17.9 Å². The molecule has 0 bridgehead atoms. The number of unbranched alkanes of at least 4 members (excludes halogenated alkanes) is 1. The van der Waals surface area contributed by atoms with Gasteiger partial charge >= 0.3 is 17.9 Å². The zero-order valence-electron chi connectivity index (χ0n) is 16.8. The van der Waals surface area contributed by atoms with Gasteiger partial charge in [-0.3, -0.25) is 0 Å². The Hall–Kier alpha value is -2.83. The Morgan fingerprint density at radius 2 is 1.82 bits per heavy atom. The van der Waals surface area contributed by atoms with Crippen molar-refractivity contribution in [3.63, 3.8) is 0 Å². The molecule has 0 aromatic rings. The Labute approximate surface area is 167 Å². The Bertz CT molecular complexity index is 557. The predicted molar refractivity (Wildman–Crippen MR) is 108 cm³/mol. The molecule has 7 nitrogen and oxygen atoms in total. The molecule has 2 N–H and O–H groups in total. The highest BCUT2D eigenvalue weighted by Crippen LogP contribution is 2.35. The summed E-state index contributed by atoms with van der Waals surface area (Å²) in [6, 6.07) is 0. The first-order chi connectivity index (χ1) is 13.2. The fourth-order valence-electron chi connectivity index (χ4n) is 1.48. The van der Waals surface area contributed by atoms with Crippen LogP contribution < -0.4 is 0 Å². The van der Waals surface area contributed by atoms with Gasteiger partial charge in [0, 0.05) is 17.2 Å². The van der Waals surface area contributed by atoms with E-state index >= 15 is 0 Å². The lowest BCUT2D eigenvalue weighted by molar-refractivity contribution is -0.135. The lowest BCUT2D eigenvalue weighted by Crippen LogP contribution is -2.05. The van der Waals surface area contributed by atoms with E-state index in [1.807, 2.05) is 0 Å². The molecule has 0 atom stereocenters. The molecular formula is C21H32O7. The average Bonchev–Trinajstić information content (AvgIpc) is 3.45. The molecule has 0 radical (unpaired) electrons. The molecule has 0 aliphatic heterocycles. The predicted octanol–water partition coefficient (Wildman–Crippen LogP) is 4.12. The Balaban J connectivity index is 0. The van der Waals surface area contributed by atoms with Crippen molar-refractivity contribution in [2.45, 2.75) is 45.4 Å². The van der Waals surface area contributed by atoms with Gasteiger partial charge in [0.1, 0.15) is 0 Å². The highest BCUT2D eigenvalue weighted by molar-refractivity contribution is 5.88. The zero-order valence-corrected chi connectivity index (χ0v) is 16.8. The van der Waals surface area contributed by atoms with Crippen molar-refractivity contribution in [1.29, 1.82) is 0 Å². The van der Waals surface area contributed by atoms with Crippen molar-refractivity contribution in [3.8, 4) is 0 Å². The number of rotatable bonds is 8. The van der Waals surface area contributed by atoms with Gasteiger partial charge in [-0.15, -0.1) is 0 Å². The van der Waals surface area contributed by atoms with Crippen molar-refractivity contribution in [2.24, 2.45) is 5.92 Å². The first-order valence-electron chi connectivity index (χ1n) is 9.02. The second-order valence-corrected chi connectivity index (χ2v) is 5.80. The molecule has 0 unspecified atom stereocenters. The molecule has 2 rings (SSSR count). The van der Waals surface area contributed by atoms with E-state index in [1.54, 1.807) is 6.08 Å². The summed E-state index contributed by atoms with van der Waals surface area (Å²) < 4.78 is 8.98. The van der Waals surface area contributed by atoms with Gasteiger partial charge in [0.25, 0.3) is 0 Å². The molecule has 28 heavy (non-hydrogen) atoms. The van der Waals surface area contributed by atoms with Crippen LogP contribution in [-0.4, -0.2) is 41.8 Å². The van der Waals surface area contributed by atoms with Gasteiger partial charge in [-0.2, -0.15) is 0 Å². The molecule has 7 heteroatoms. The van der Waals surface area contributed by atoms with Crippen molar-refractivity contribution in [1.82, 2.24) is 0 Å². The second-order valence-electron chi connectivity index (χ2n) is 5.80. The Kier molecular flexibility index (Phi) is 17.2. The van der Waals surface area contributed by atoms with E-state index in [-0.39, 0.29) is 0 Å². The SMILES string of the molecule is C=C(C(=O)O)C1CC1.C=CC(=O)OC.C=COCCCC.O=C(O)C1=CCC1. The summed E-state index contributed by atoms with van der Waals surface area (Å²) in [6.45, 7) is 12.9. The quantitative estimate of drug-likeness (QED) is 0.275. The standard InChI is InChI=1S/C6H8O2.C6H12O.C5H6O2.C4H6O2/c1-4(6(7)8)5-2-3-5;1-3-5-6-7-4-2;6-5(7)4-2-1-3-4;1-3-4(5)6-2/h5H,1-3H2,(H,7,8);4H,2-3,5-6H2,1H3;2H,1,3H2,(H,6,7);3H,1H2,2H3. The van der Waals surface area contributed by atoms with Crippen LogP contribution in [0.2, 0.25) is 0 Å². The number of esters is 1. The first kappa shape index (κ1) is 27.4. The largest absolute Gasteiger partial charge is 0.502 e. The molecule has 0 amide bonds. The summed E-state index contributed by atoms with van der Waals surface area (Å²) in [5, 5.41) is 16.5. The van der Waals surface area contributed by atoms with E-state index in [0.717, 1.165) is 44.8 Å². The monoisotopic (exact) mass is 396 g/mol. The number of aliphatic carboxylic acids is 2. The third kappa shape index (κ3) is 16.6. The first-order valence-corrected chi connectivity index (χ1v) is 9.02. The van der Waals surface area contributed by atoms with Crippen molar-refractivity contribution in [3.05, 3.63) is 49.3 Å². The molecule has 1 fully saturated rings. The van der Waals surface area contributed by atoms with E-state index in [0.29, 0.717) is 17.1 Å². The summed E-state index contributed by atoms with van der Waals surface area (Å²) in [4.78, 5) is 29.8. The van der Waals surface area contributed by atoms with E-state index in [1.165, 1.54) is 19.8 Å². The van der Waals surface area contributed by atoms with Gasteiger partial charge in [0.2, 0.25) is 0 Å². The summed E-state index contributed by atoms with van der Waals surface area (Å²) in [6.07, 6.45) is 10.4. The maximum atomic E-state index is 10.1. The summed E-state index contributed by atoms with van der Waals surface area (Å²) in [5.74, 6) is -1.69. The van der Waals surface area contributed by atoms with E-state index in [2.05, 4.69) is 31.4 Å². The molecule has 0 spiro atoms. The fourth-order valence-corrected chi connectivity index (χ4v) is 1.48. The maximum Gasteiger partial charge on any atom is 0.331 e. The minimum Gasteiger partial charge on any atom is -0.502 e. The smallest absolute Gasteiger partial charge is 0.331 e. The summed E-state index contributed by atoms with van der Waals surface area (Å²) in [5.41, 5.74) is 0.949. The third-order valence-electron chi connectivity index (χ3n) is 3.53. The number of carbonyl (C=O) groups excluding carboxylic acids is 1. The number of carboxylic acids is 2. The van der Waals surface area contributed by atoms with E-state index in [9.17, 15) is 14.4 Å².